The summed E-state index contributed by atoms with van der Waals surface area (Å²) in [6.45, 7) is 6.94. The lowest BCUT2D eigenvalue weighted by Crippen LogP contribution is -2.59. The van der Waals surface area contributed by atoms with Gasteiger partial charge in [0.25, 0.3) is 0 Å². The number of anilines is 1. The van der Waals surface area contributed by atoms with Crippen LogP contribution in [0.1, 0.15) is 57.1 Å². The molecule has 1 aromatic heterocycles. The number of rotatable bonds is 10. The van der Waals surface area contributed by atoms with Crippen LogP contribution in [-0.4, -0.2) is 60.1 Å². The van der Waals surface area contributed by atoms with E-state index in [1.54, 1.807) is 16.4 Å². The number of nitrogens with two attached hydrogens (primary N) is 1. The van der Waals surface area contributed by atoms with Gasteiger partial charge >= 0.3 is 0 Å². The van der Waals surface area contributed by atoms with Crippen molar-refractivity contribution < 1.29 is 17.6 Å². The Labute approximate surface area is 229 Å². The highest BCUT2D eigenvalue weighted by Gasteiger charge is 2.45. The molecule has 1 aromatic carbocycles. The van der Waals surface area contributed by atoms with E-state index in [1.807, 2.05) is 32.9 Å². The van der Waals surface area contributed by atoms with E-state index in [1.165, 1.54) is 6.20 Å². The maximum absolute atomic E-state index is 15.0. The van der Waals surface area contributed by atoms with Crippen molar-refractivity contribution in [3.05, 3.63) is 58.6 Å². The first-order valence-electron chi connectivity index (χ1n) is 13.2. The van der Waals surface area contributed by atoms with Gasteiger partial charge in [0.1, 0.15) is 5.82 Å². The van der Waals surface area contributed by atoms with Crippen LogP contribution in [0.4, 0.5) is 10.1 Å². The molecule has 4 N–H and O–H groups in total. The van der Waals surface area contributed by atoms with Crippen molar-refractivity contribution in [1.82, 2.24) is 14.6 Å². The molecule has 0 unspecified atom stereocenters. The zero-order chi connectivity index (χ0) is 27.6. The number of nitrogens with one attached hydrogen (secondary N) is 2. The lowest BCUT2D eigenvalue weighted by molar-refractivity contribution is -0.118. The Morgan fingerprint density at radius 3 is 2.55 bits per heavy atom. The van der Waals surface area contributed by atoms with E-state index in [2.05, 4.69) is 15.6 Å². The molecule has 4 rings (SSSR count). The summed E-state index contributed by atoms with van der Waals surface area (Å²) >= 11 is 6.03. The number of carbonyl (C=O) groups excluding carboxylic acids is 1. The first kappa shape index (κ1) is 28.9. The molecule has 208 valence electrons. The number of nitrogens with zero attached hydrogens (tertiary/aromatic N) is 2. The smallest absolute Gasteiger partial charge is 0.241 e. The van der Waals surface area contributed by atoms with Gasteiger partial charge < -0.3 is 16.4 Å². The minimum absolute atomic E-state index is 0.0576. The number of aromatic nitrogens is 1. The van der Waals surface area contributed by atoms with Gasteiger partial charge in [-0.25, -0.2) is 12.8 Å². The van der Waals surface area contributed by atoms with E-state index < -0.39 is 27.8 Å². The Morgan fingerprint density at radius 1 is 1.24 bits per heavy atom. The third kappa shape index (κ3) is 6.37. The van der Waals surface area contributed by atoms with Gasteiger partial charge in [-0.3, -0.25) is 9.78 Å². The Kier molecular flexibility index (Phi) is 9.09. The second-order valence-electron chi connectivity index (χ2n) is 10.8. The molecule has 1 amide bonds. The molecule has 38 heavy (non-hydrogen) atoms. The lowest BCUT2D eigenvalue weighted by atomic mass is 9.82. The van der Waals surface area contributed by atoms with Crippen molar-refractivity contribution in [2.75, 3.05) is 18.4 Å². The van der Waals surface area contributed by atoms with Gasteiger partial charge in [-0.2, -0.15) is 4.31 Å². The second kappa shape index (κ2) is 12.0. The molecule has 1 saturated heterocycles. The third-order valence-corrected chi connectivity index (χ3v) is 10.3. The number of pyridine rings is 1. The van der Waals surface area contributed by atoms with E-state index in [0.29, 0.717) is 37.4 Å². The quantitative estimate of drug-likeness (QED) is 0.405. The first-order chi connectivity index (χ1) is 18.0. The summed E-state index contributed by atoms with van der Waals surface area (Å²) in [7, 11) is -3.40. The van der Waals surface area contributed by atoms with Crippen LogP contribution in [0.25, 0.3) is 0 Å². The second-order valence-corrected chi connectivity index (χ2v) is 13.3. The standard InChI is InChI=1S/C27H37ClFN5O3S/c1-16(2)25(18-4-6-19(28)7-5-18)26(30)27(35)33-24-15-32-14-23(29)22(24)11-8-20-13-31-12-17(3)34(20)38(36,37)21-9-10-21/h4-7,14-17,20-21,25-26,31H,8-13,30H2,1-3H3,(H,33,35)/t17-,20+,25-,26+/m1/s1. The molecule has 2 heterocycles. The fourth-order valence-electron chi connectivity index (χ4n) is 5.43. The van der Waals surface area contributed by atoms with Gasteiger partial charge in [-0.1, -0.05) is 37.6 Å². The number of benzene rings is 1. The molecule has 8 nitrogen and oxygen atoms in total. The maximum Gasteiger partial charge on any atom is 0.241 e. The monoisotopic (exact) mass is 565 g/mol. The van der Waals surface area contributed by atoms with Gasteiger partial charge in [0.15, 0.2) is 0 Å². The molecule has 0 spiro atoms. The SMILES string of the molecule is CC(C)[C@H](c1ccc(Cl)cc1)[C@H](N)C(=O)Nc1cncc(F)c1CC[C@H]1CNC[C@@H](C)N1S(=O)(=O)C1CC1. The molecular weight excluding hydrogens is 529 g/mol. The zero-order valence-corrected chi connectivity index (χ0v) is 23.6. The van der Waals surface area contributed by atoms with E-state index in [9.17, 15) is 17.6 Å². The predicted octanol–water partition coefficient (Wildman–Crippen LogP) is 3.67. The number of sulfonamides is 1. The van der Waals surface area contributed by atoms with Gasteiger partial charge in [0, 0.05) is 41.7 Å². The minimum atomic E-state index is -3.40. The highest BCUT2D eigenvalue weighted by Crippen LogP contribution is 2.35. The summed E-state index contributed by atoms with van der Waals surface area (Å²) in [5.74, 6) is -1.23. The van der Waals surface area contributed by atoms with E-state index in [-0.39, 0.29) is 46.8 Å². The number of halogens is 2. The van der Waals surface area contributed by atoms with Crippen LogP contribution < -0.4 is 16.4 Å². The zero-order valence-electron chi connectivity index (χ0n) is 22.0. The summed E-state index contributed by atoms with van der Waals surface area (Å²) in [5.41, 5.74) is 7.86. The molecule has 1 aliphatic carbocycles. The average molecular weight is 566 g/mol. The van der Waals surface area contributed by atoms with Gasteiger partial charge in [-0.05, 0) is 56.2 Å². The topological polar surface area (TPSA) is 117 Å². The summed E-state index contributed by atoms with van der Waals surface area (Å²) in [4.78, 5) is 17.2. The van der Waals surface area contributed by atoms with Crippen LogP contribution in [0.3, 0.4) is 0 Å². The third-order valence-electron chi connectivity index (χ3n) is 7.51. The number of piperazine rings is 1. The van der Waals surface area contributed by atoms with Gasteiger partial charge in [-0.15, -0.1) is 0 Å². The summed E-state index contributed by atoms with van der Waals surface area (Å²) < 4.78 is 42.9. The molecule has 0 radical (unpaired) electrons. The molecule has 2 aliphatic rings. The van der Waals surface area contributed by atoms with Gasteiger partial charge in [0.05, 0.1) is 29.4 Å². The maximum atomic E-state index is 15.0. The highest BCUT2D eigenvalue weighted by molar-refractivity contribution is 7.90. The molecule has 1 saturated carbocycles. The van der Waals surface area contributed by atoms with E-state index in [0.717, 1.165) is 11.8 Å². The minimum Gasteiger partial charge on any atom is -0.323 e. The number of amides is 1. The largest absolute Gasteiger partial charge is 0.323 e. The molecule has 2 aromatic rings. The van der Waals surface area contributed by atoms with Crippen LogP contribution in [-0.2, 0) is 21.2 Å². The first-order valence-corrected chi connectivity index (χ1v) is 15.1. The molecule has 4 atom stereocenters. The van der Waals surface area contributed by atoms with Crippen molar-refractivity contribution in [1.29, 1.82) is 0 Å². The van der Waals surface area contributed by atoms with Crippen LogP contribution in [0.2, 0.25) is 5.02 Å². The van der Waals surface area contributed by atoms with Crippen molar-refractivity contribution >= 4 is 33.2 Å². The lowest BCUT2D eigenvalue weighted by Gasteiger charge is -2.40. The predicted molar refractivity (Wildman–Crippen MR) is 148 cm³/mol. The van der Waals surface area contributed by atoms with Crippen LogP contribution in [0.5, 0.6) is 0 Å². The highest BCUT2D eigenvalue weighted by atomic mass is 35.5. The number of hydrogen-bond donors (Lipinski definition) is 3. The fourth-order valence-corrected chi connectivity index (χ4v) is 7.80. The van der Waals surface area contributed by atoms with Crippen molar-refractivity contribution in [2.24, 2.45) is 11.7 Å². The fraction of sp³-hybridized carbons (Fsp3) is 0.556. The molecule has 1 aliphatic heterocycles. The molecule has 11 heteroatoms. The summed E-state index contributed by atoms with van der Waals surface area (Å²) in [6.07, 6.45) is 4.54. The normalized spacial score (nSPS) is 22.3. The number of carbonyl (C=O) groups is 1. The summed E-state index contributed by atoms with van der Waals surface area (Å²) in [5, 5.41) is 6.37. The summed E-state index contributed by atoms with van der Waals surface area (Å²) in [6, 6.07) is 5.86. The number of hydrogen-bond acceptors (Lipinski definition) is 6. The van der Waals surface area contributed by atoms with E-state index >= 15 is 0 Å². The Bertz CT molecular complexity index is 1240. The van der Waals surface area contributed by atoms with Crippen molar-refractivity contribution in [3.8, 4) is 0 Å². The van der Waals surface area contributed by atoms with Crippen LogP contribution in [0, 0.1) is 11.7 Å². The van der Waals surface area contributed by atoms with Gasteiger partial charge in [0.2, 0.25) is 15.9 Å². The Morgan fingerprint density at radius 2 is 1.92 bits per heavy atom. The molecular formula is C27H37ClFN5O3S. The van der Waals surface area contributed by atoms with Crippen molar-refractivity contribution in [3.63, 3.8) is 0 Å². The van der Waals surface area contributed by atoms with Crippen molar-refractivity contribution in [2.45, 2.75) is 75.7 Å². The average Bonchev–Trinajstić information content (AvgIpc) is 3.71. The molecule has 0 bridgehead atoms. The Balaban J connectivity index is 1.51. The Hall–Kier alpha value is -2.11. The van der Waals surface area contributed by atoms with Crippen LogP contribution >= 0.6 is 11.6 Å². The molecule has 2 fully saturated rings. The van der Waals surface area contributed by atoms with E-state index in [4.69, 9.17) is 17.3 Å². The van der Waals surface area contributed by atoms with Crippen LogP contribution in [0.15, 0.2) is 36.7 Å².